The third-order valence-corrected chi connectivity index (χ3v) is 3.87. The van der Waals surface area contributed by atoms with E-state index in [1.54, 1.807) is 6.92 Å². The maximum atomic E-state index is 11.6. The first-order valence-electron chi connectivity index (χ1n) is 6.97. The van der Waals surface area contributed by atoms with Gasteiger partial charge in [-0.05, 0) is 24.4 Å². The normalized spacial score (nSPS) is 11.5. The van der Waals surface area contributed by atoms with Gasteiger partial charge in [-0.2, -0.15) is 5.10 Å². The van der Waals surface area contributed by atoms with Gasteiger partial charge in [-0.3, -0.25) is 14.9 Å². The van der Waals surface area contributed by atoms with Crippen LogP contribution in [-0.2, 0) is 9.63 Å². The number of non-ortho nitro benzene ring substituents is 1. The molecule has 1 heterocycles. The third-order valence-electron chi connectivity index (χ3n) is 2.89. The highest BCUT2D eigenvalue weighted by Crippen LogP contribution is 2.21. The van der Waals surface area contributed by atoms with Crippen molar-refractivity contribution in [2.45, 2.75) is 6.92 Å². The molecule has 130 valence electrons. The number of hydrogen-bond donors (Lipinski definition) is 2. The summed E-state index contributed by atoms with van der Waals surface area (Å²) in [6, 6.07) is 7.22. The second-order valence-electron chi connectivity index (χ2n) is 4.72. The Morgan fingerprint density at radius 2 is 2.28 bits per heavy atom. The number of hydrazone groups is 1. The first-order valence-corrected chi connectivity index (χ1v) is 7.85. The summed E-state index contributed by atoms with van der Waals surface area (Å²) >= 11 is 1.50. The molecule has 1 aromatic heterocycles. The smallest absolute Gasteiger partial charge is 0.280 e. The average Bonchev–Trinajstić information content (AvgIpc) is 3.11. The van der Waals surface area contributed by atoms with E-state index in [1.165, 1.54) is 17.4 Å². The van der Waals surface area contributed by atoms with E-state index in [0.717, 1.165) is 23.2 Å². The number of nitrogens with zero attached hydrogens (tertiary/aromatic N) is 3. The molecule has 0 aliphatic carbocycles. The molecule has 0 saturated carbocycles. The maximum absolute atomic E-state index is 11.6. The van der Waals surface area contributed by atoms with E-state index in [-0.39, 0.29) is 23.6 Å². The lowest BCUT2D eigenvalue weighted by Gasteiger charge is -2.01. The van der Waals surface area contributed by atoms with Gasteiger partial charge in [0.2, 0.25) is 0 Å². The number of carbonyl (C=O) groups is 1. The molecular formula is C15H14N4O5S. The number of aromatic hydroxyl groups is 1. The number of nitro groups is 1. The summed E-state index contributed by atoms with van der Waals surface area (Å²) in [7, 11) is 0. The number of nitro benzene ring substituents is 1. The fraction of sp³-hybridized carbons (Fsp3) is 0.133. The van der Waals surface area contributed by atoms with Crippen LogP contribution in [-0.4, -0.2) is 34.5 Å². The Kier molecular flexibility index (Phi) is 6.18. The van der Waals surface area contributed by atoms with Gasteiger partial charge in [0.05, 0.1) is 21.7 Å². The summed E-state index contributed by atoms with van der Waals surface area (Å²) in [5.74, 6) is -0.764. The fourth-order valence-corrected chi connectivity index (χ4v) is 2.35. The van der Waals surface area contributed by atoms with Crippen molar-refractivity contribution in [3.05, 3.63) is 56.3 Å². The number of phenolic OH excluding ortho intramolecular Hbond substituents is 1. The molecule has 1 amide bonds. The Bertz CT molecular complexity index is 817. The molecule has 2 N–H and O–H groups in total. The van der Waals surface area contributed by atoms with Gasteiger partial charge in [0.25, 0.3) is 11.6 Å². The summed E-state index contributed by atoms with van der Waals surface area (Å²) in [5, 5.41) is 29.6. The number of benzene rings is 1. The van der Waals surface area contributed by atoms with E-state index in [2.05, 4.69) is 15.7 Å². The zero-order chi connectivity index (χ0) is 18.2. The predicted octanol–water partition coefficient (Wildman–Crippen LogP) is 2.25. The Hall–Kier alpha value is -3.27. The van der Waals surface area contributed by atoms with Gasteiger partial charge in [-0.25, -0.2) is 5.43 Å². The summed E-state index contributed by atoms with van der Waals surface area (Å²) in [5.41, 5.74) is 2.72. The van der Waals surface area contributed by atoms with Gasteiger partial charge >= 0.3 is 0 Å². The zero-order valence-corrected chi connectivity index (χ0v) is 13.9. The van der Waals surface area contributed by atoms with E-state index >= 15 is 0 Å². The molecule has 0 aliphatic heterocycles. The van der Waals surface area contributed by atoms with E-state index in [1.807, 2.05) is 17.5 Å². The van der Waals surface area contributed by atoms with Gasteiger partial charge < -0.3 is 9.94 Å². The number of phenols is 1. The van der Waals surface area contributed by atoms with Crippen LogP contribution in [0.25, 0.3) is 0 Å². The highest BCUT2D eigenvalue weighted by atomic mass is 32.1. The first-order chi connectivity index (χ1) is 12.0. The lowest BCUT2D eigenvalue weighted by atomic mass is 10.2. The van der Waals surface area contributed by atoms with Gasteiger partial charge in [0.15, 0.2) is 6.61 Å². The first kappa shape index (κ1) is 18.1. The van der Waals surface area contributed by atoms with Crippen molar-refractivity contribution in [1.82, 2.24) is 5.43 Å². The number of thiophene rings is 1. The summed E-state index contributed by atoms with van der Waals surface area (Å²) in [4.78, 5) is 27.5. The average molecular weight is 362 g/mol. The number of rotatable bonds is 7. The van der Waals surface area contributed by atoms with Crippen LogP contribution in [0.3, 0.4) is 0 Å². The molecule has 0 saturated heterocycles. The van der Waals surface area contributed by atoms with Crippen molar-refractivity contribution in [3.63, 3.8) is 0 Å². The monoisotopic (exact) mass is 362 g/mol. The molecule has 0 spiro atoms. The van der Waals surface area contributed by atoms with Crippen molar-refractivity contribution in [2.75, 3.05) is 6.61 Å². The van der Waals surface area contributed by atoms with Crippen LogP contribution in [0.5, 0.6) is 5.75 Å². The lowest BCUT2D eigenvalue weighted by molar-refractivity contribution is -0.384. The Morgan fingerprint density at radius 1 is 1.48 bits per heavy atom. The molecule has 0 fully saturated rings. The largest absolute Gasteiger partial charge is 0.507 e. The number of nitrogens with one attached hydrogen (secondary N) is 1. The molecule has 0 atom stereocenters. The zero-order valence-electron chi connectivity index (χ0n) is 13.1. The van der Waals surface area contributed by atoms with E-state index in [9.17, 15) is 20.0 Å². The van der Waals surface area contributed by atoms with Crippen molar-refractivity contribution >= 4 is 34.9 Å². The second kappa shape index (κ2) is 8.55. The highest BCUT2D eigenvalue weighted by molar-refractivity contribution is 7.12. The molecule has 0 radical (unpaired) electrons. The van der Waals surface area contributed by atoms with E-state index in [4.69, 9.17) is 4.84 Å². The Labute approximate surface area is 146 Å². The minimum atomic E-state index is -0.600. The second-order valence-corrected chi connectivity index (χ2v) is 5.67. The SMILES string of the molecule is C/C(=N/OCC(=O)N/N=C/c1cc([N+](=O)[O-])ccc1O)c1cccs1. The maximum Gasteiger partial charge on any atom is 0.280 e. The molecule has 2 rings (SSSR count). The van der Waals surface area contributed by atoms with Crippen LogP contribution >= 0.6 is 11.3 Å². The van der Waals surface area contributed by atoms with Gasteiger partial charge in [0, 0.05) is 17.7 Å². The van der Waals surface area contributed by atoms with Gasteiger partial charge in [0.1, 0.15) is 5.75 Å². The van der Waals surface area contributed by atoms with E-state index < -0.39 is 10.8 Å². The van der Waals surface area contributed by atoms with Crippen LogP contribution < -0.4 is 5.43 Å². The van der Waals surface area contributed by atoms with Crippen molar-refractivity contribution in [3.8, 4) is 5.75 Å². The molecule has 0 bridgehead atoms. The molecule has 2 aromatic rings. The van der Waals surface area contributed by atoms with Crippen molar-refractivity contribution < 1.29 is 19.7 Å². The van der Waals surface area contributed by atoms with Crippen LogP contribution in [0.15, 0.2) is 46.0 Å². The van der Waals surface area contributed by atoms with E-state index in [0.29, 0.717) is 5.71 Å². The van der Waals surface area contributed by atoms with Crippen LogP contribution in [0.1, 0.15) is 17.4 Å². The van der Waals surface area contributed by atoms with Gasteiger partial charge in [-0.15, -0.1) is 11.3 Å². The molecule has 0 aliphatic rings. The van der Waals surface area contributed by atoms with Crippen molar-refractivity contribution in [2.24, 2.45) is 10.3 Å². The number of oxime groups is 1. The minimum absolute atomic E-state index is 0.0991. The Balaban J connectivity index is 1.85. The van der Waals surface area contributed by atoms with Gasteiger partial charge in [-0.1, -0.05) is 11.2 Å². The Morgan fingerprint density at radius 3 is 2.96 bits per heavy atom. The molecular weight excluding hydrogens is 348 g/mol. The molecule has 0 unspecified atom stereocenters. The number of amides is 1. The van der Waals surface area contributed by atoms with Crippen LogP contribution in [0.4, 0.5) is 5.69 Å². The standard InChI is InChI=1S/C15H14N4O5S/c1-10(14-3-2-6-25-14)18-24-9-15(21)17-16-8-11-7-12(19(22)23)4-5-13(11)20/h2-8,20H,9H2,1H3,(H,17,21)/b16-8+,18-10-. The predicted molar refractivity (Wildman–Crippen MR) is 93.0 cm³/mol. The number of hydrogen-bond acceptors (Lipinski definition) is 8. The molecule has 10 heteroatoms. The fourth-order valence-electron chi connectivity index (χ4n) is 1.68. The van der Waals surface area contributed by atoms with Crippen LogP contribution in [0.2, 0.25) is 0 Å². The summed E-state index contributed by atoms with van der Waals surface area (Å²) in [6.07, 6.45) is 1.10. The topological polar surface area (TPSA) is 126 Å². The van der Waals surface area contributed by atoms with Crippen molar-refractivity contribution in [1.29, 1.82) is 0 Å². The quantitative estimate of drug-likeness (QED) is 0.444. The lowest BCUT2D eigenvalue weighted by Crippen LogP contribution is -2.22. The molecule has 25 heavy (non-hydrogen) atoms. The van der Waals surface area contributed by atoms with Crippen LogP contribution in [0, 0.1) is 10.1 Å². The highest BCUT2D eigenvalue weighted by Gasteiger charge is 2.09. The number of carbonyl (C=O) groups excluding carboxylic acids is 1. The molecule has 9 nitrogen and oxygen atoms in total. The third kappa shape index (κ3) is 5.39. The molecule has 1 aromatic carbocycles. The minimum Gasteiger partial charge on any atom is -0.507 e. The summed E-state index contributed by atoms with van der Waals surface area (Å²) < 4.78 is 0. The summed E-state index contributed by atoms with van der Waals surface area (Å²) in [6.45, 7) is 1.41.